The molecule has 0 unspecified atom stereocenters. The van der Waals surface area contributed by atoms with E-state index in [2.05, 4.69) is 11.9 Å². The van der Waals surface area contributed by atoms with Crippen LogP contribution in [0, 0.1) is 0 Å². The lowest BCUT2D eigenvalue weighted by molar-refractivity contribution is -0.113. The van der Waals surface area contributed by atoms with E-state index >= 15 is 0 Å². The standard InChI is InChI=1S/C15H19ClN2O6S2/c1-2-9-25(20,21)11-15(19)17-14-10-12(3-4-13(14)16)26(22,23)18-5-7-24-8-6-18/h2-4,10H,1,5-9,11H2,(H,17,19). The summed E-state index contributed by atoms with van der Waals surface area (Å²) in [6.07, 6.45) is 1.19. The van der Waals surface area contributed by atoms with Crippen molar-refractivity contribution in [2.24, 2.45) is 0 Å². The molecular weight excluding hydrogens is 404 g/mol. The van der Waals surface area contributed by atoms with Gasteiger partial charge in [-0.25, -0.2) is 16.8 Å². The monoisotopic (exact) mass is 422 g/mol. The molecule has 0 bridgehead atoms. The van der Waals surface area contributed by atoms with Crippen LogP contribution in [0.1, 0.15) is 0 Å². The number of amides is 1. The van der Waals surface area contributed by atoms with E-state index in [1.807, 2.05) is 0 Å². The second-order valence-corrected chi connectivity index (χ2v) is 10.0. The Morgan fingerprint density at radius 2 is 1.92 bits per heavy atom. The van der Waals surface area contributed by atoms with Crippen LogP contribution in [-0.2, 0) is 29.4 Å². The van der Waals surface area contributed by atoms with Crippen molar-refractivity contribution in [3.63, 3.8) is 0 Å². The summed E-state index contributed by atoms with van der Waals surface area (Å²) >= 11 is 6.00. The zero-order chi connectivity index (χ0) is 19.4. The fraction of sp³-hybridized carbons (Fsp3) is 0.400. The second kappa shape index (κ2) is 8.49. The summed E-state index contributed by atoms with van der Waals surface area (Å²) in [4.78, 5) is 11.9. The van der Waals surface area contributed by atoms with Crippen LogP contribution in [0.4, 0.5) is 5.69 Å². The van der Waals surface area contributed by atoms with Crippen molar-refractivity contribution < 1.29 is 26.4 Å². The highest BCUT2D eigenvalue weighted by Crippen LogP contribution is 2.27. The van der Waals surface area contributed by atoms with Gasteiger partial charge >= 0.3 is 0 Å². The zero-order valence-corrected chi connectivity index (χ0v) is 16.2. The van der Waals surface area contributed by atoms with Crippen LogP contribution in [0.5, 0.6) is 0 Å². The fourth-order valence-corrected chi connectivity index (χ4v) is 4.87. The number of carbonyl (C=O) groups is 1. The summed E-state index contributed by atoms with van der Waals surface area (Å²) in [7, 11) is -7.40. The Labute approximate surface area is 157 Å². The first-order chi connectivity index (χ1) is 12.2. The summed E-state index contributed by atoms with van der Waals surface area (Å²) in [5.41, 5.74) is 0.0276. The Morgan fingerprint density at radius 3 is 2.54 bits per heavy atom. The van der Waals surface area contributed by atoms with Crippen molar-refractivity contribution >= 4 is 43.1 Å². The summed E-state index contributed by atoms with van der Waals surface area (Å²) < 4.78 is 55.1. The Kier molecular flexibility index (Phi) is 6.80. The molecule has 1 aromatic carbocycles. The Bertz CT molecular complexity index is 893. The van der Waals surface area contributed by atoms with E-state index in [1.54, 1.807) is 0 Å². The van der Waals surface area contributed by atoms with Gasteiger partial charge in [0.05, 0.1) is 34.6 Å². The van der Waals surface area contributed by atoms with Crippen LogP contribution in [0.15, 0.2) is 35.7 Å². The molecule has 1 aliphatic heterocycles. The highest BCUT2D eigenvalue weighted by Gasteiger charge is 2.27. The maximum Gasteiger partial charge on any atom is 0.243 e. The maximum absolute atomic E-state index is 12.7. The first kappa shape index (κ1) is 20.8. The third kappa shape index (κ3) is 5.27. The highest BCUT2D eigenvalue weighted by molar-refractivity contribution is 7.92. The fourth-order valence-electron chi connectivity index (χ4n) is 2.32. The first-order valence-corrected chi connectivity index (χ1v) is 11.3. The first-order valence-electron chi connectivity index (χ1n) is 7.64. The Balaban J connectivity index is 2.21. The number of anilines is 1. The molecule has 0 aromatic heterocycles. The van der Waals surface area contributed by atoms with Crippen LogP contribution in [-0.4, -0.2) is 64.9 Å². The molecule has 1 aliphatic rings. The minimum Gasteiger partial charge on any atom is -0.379 e. The number of nitrogens with zero attached hydrogens (tertiary/aromatic N) is 1. The van der Waals surface area contributed by atoms with Gasteiger partial charge in [-0.15, -0.1) is 6.58 Å². The van der Waals surface area contributed by atoms with Gasteiger partial charge in [0.15, 0.2) is 9.84 Å². The lowest BCUT2D eigenvalue weighted by atomic mass is 10.3. The number of benzene rings is 1. The van der Waals surface area contributed by atoms with E-state index in [1.165, 1.54) is 28.6 Å². The number of hydrogen-bond donors (Lipinski definition) is 1. The number of sulfone groups is 1. The third-order valence-electron chi connectivity index (χ3n) is 3.54. The van der Waals surface area contributed by atoms with Crippen LogP contribution in [0.2, 0.25) is 5.02 Å². The largest absolute Gasteiger partial charge is 0.379 e. The van der Waals surface area contributed by atoms with E-state index in [-0.39, 0.29) is 34.4 Å². The van der Waals surface area contributed by atoms with Crippen LogP contribution in [0.25, 0.3) is 0 Å². The van der Waals surface area contributed by atoms with Crippen molar-refractivity contribution in [1.82, 2.24) is 4.31 Å². The molecule has 1 saturated heterocycles. The molecule has 1 fully saturated rings. The lowest BCUT2D eigenvalue weighted by Crippen LogP contribution is -2.40. The molecule has 11 heteroatoms. The predicted octanol–water partition coefficient (Wildman–Crippen LogP) is 0.900. The van der Waals surface area contributed by atoms with Crippen LogP contribution >= 0.6 is 11.6 Å². The minimum atomic E-state index is -3.77. The van der Waals surface area contributed by atoms with Crippen LogP contribution < -0.4 is 5.32 Å². The molecule has 1 amide bonds. The molecule has 0 spiro atoms. The van der Waals surface area contributed by atoms with Gasteiger partial charge in [0.25, 0.3) is 0 Å². The van der Waals surface area contributed by atoms with Gasteiger partial charge in [-0.3, -0.25) is 4.79 Å². The van der Waals surface area contributed by atoms with E-state index in [0.29, 0.717) is 13.2 Å². The zero-order valence-electron chi connectivity index (χ0n) is 13.9. The third-order valence-corrected chi connectivity index (χ3v) is 7.21. The lowest BCUT2D eigenvalue weighted by Gasteiger charge is -2.26. The molecule has 26 heavy (non-hydrogen) atoms. The molecule has 0 saturated carbocycles. The molecule has 1 heterocycles. The maximum atomic E-state index is 12.7. The Morgan fingerprint density at radius 1 is 1.27 bits per heavy atom. The molecule has 1 aromatic rings. The number of halogens is 1. The second-order valence-electron chi connectivity index (χ2n) is 5.55. The van der Waals surface area contributed by atoms with Crippen LogP contribution in [0.3, 0.4) is 0 Å². The van der Waals surface area contributed by atoms with E-state index < -0.39 is 31.5 Å². The van der Waals surface area contributed by atoms with Gasteiger partial charge < -0.3 is 10.1 Å². The molecule has 0 aliphatic carbocycles. The topological polar surface area (TPSA) is 110 Å². The van der Waals surface area contributed by atoms with Crippen molar-refractivity contribution in [2.75, 3.05) is 43.1 Å². The van der Waals surface area contributed by atoms with Gasteiger partial charge in [0, 0.05) is 13.1 Å². The smallest absolute Gasteiger partial charge is 0.243 e. The van der Waals surface area contributed by atoms with Crippen molar-refractivity contribution in [2.45, 2.75) is 4.90 Å². The number of ether oxygens (including phenoxy) is 1. The molecule has 8 nitrogen and oxygen atoms in total. The van der Waals surface area contributed by atoms with E-state index in [9.17, 15) is 21.6 Å². The summed E-state index contributed by atoms with van der Waals surface area (Å²) in [6, 6.07) is 3.88. The van der Waals surface area contributed by atoms with Gasteiger partial charge in [0.2, 0.25) is 15.9 Å². The van der Waals surface area contributed by atoms with E-state index in [4.69, 9.17) is 16.3 Å². The quantitative estimate of drug-likeness (QED) is 0.654. The highest BCUT2D eigenvalue weighted by atomic mass is 35.5. The Hall–Kier alpha value is -1.46. The average molecular weight is 423 g/mol. The summed E-state index contributed by atoms with van der Waals surface area (Å²) in [5.74, 6) is -1.90. The summed E-state index contributed by atoms with van der Waals surface area (Å²) in [6.45, 7) is 4.39. The van der Waals surface area contributed by atoms with Gasteiger partial charge in [-0.2, -0.15) is 4.31 Å². The minimum absolute atomic E-state index is 0.0276. The normalized spacial score (nSPS) is 16.2. The number of morpholine rings is 1. The van der Waals surface area contributed by atoms with Gasteiger partial charge in [-0.1, -0.05) is 17.7 Å². The number of hydrogen-bond acceptors (Lipinski definition) is 6. The molecular formula is C15H19ClN2O6S2. The predicted molar refractivity (Wildman–Crippen MR) is 98.5 cm³/mol. The molecule has 144 valence electrons. The molecule has 2 rings (SSSR count). The van der Waals surface area contributed by atoms with Crippen molar-refractivity contribution in [1.29, 1.82) is 0 Å². The molecule has 0 radical (unpaired) electrons. The van der Waals surface area contributed by atoms with Gasteiger partial charge in [-0.05, 0) is 18.2 Å². The number of nitrogens with one attached hydrogen (secondary N) is 1. The van der Waals surface area contributed by atoms with Crippen molar-refractivity contribution in [3.8, 4) is 0 Å². The average Bonchev–Trinajstić information content (AvgIpc) is 2.56. The summed E-state index contributed by atoms with van der Waals surface area (Å²) in [5, 5.41) is 2.45. The number of rotatable bonds is 7. The van der Waals surface area contributed by atoms with Crippen molar-refractivity contribution in [3.05, 3.63) is 35.9 Å². The van der Waals surface area contributed by atoms with E-state index in [0.717, 1.165) is 0 Å². The molecule has 0 atom stereocenters. The number of sulfonamides is 1. The SMILES string of the molecule is C=CCS(=O)(=O)CC(=O)Nc1cc(S(=O)(=O)N2CCOCC2)ccc1Cl. The number of carbonyl (C=O) groups excluding carboxylic acids is 1. The molecule has 1 N–H and O–H groups in total. The van der Waals surface area contributed by atoms with Gasteiger partial charge in [0.1, 0.15) is 5.75 Å².